The Bertz CT molecular complexity index is 554. The average Bonchev–Trinajstić information content (AvgIpc) is 3.17. The molecular formula is C15H23IN4OS. The highest BCUT2D eigenvalue weighted by atomic mass is 127. The lowest BCUT2D eigenvalue weighted by Crippen LogP contribution is -2.39. The first-order valence-electron chi connectivity index (χ1n) is 7.22. The van der Waals surface area contributed by atoms with Crippen molar-refractivity contribution in [2.24, 2.45) is 4.99 Å². The van der Waals surface area contributed by atoms with Gasteiger partial charge in [-0.25, -0.2) is 4.98 Å². The first kappa shape index (κ1) is 19.0. The maximum atomic E-state index is 5.29. The molecule has 7 heteroatoms. The quantitative estimate of drug-likeness (QED) is 0.400. The molecule has 0 aliphatic rings. The van der Waals surface area contributed by atoms with Crippen LogP contribution >= 0.6 is 35.3 Å². The van der Waals surface area contributed by atoms with E-state index < -0.39 is 0 Å². The number of guanidine groups is 1. The van der Waals surface area contributed by atoms with Crippen molar-refractivity contribution < 1.29 is 4.42 Å². The molecule has 0 saturated carbocycles. The van der Waals surface area contributed by atoms with Crippen LogP contribution < -0.4 is 10.6 Å². The third-order valence-corrected chi connectivity index (χ3v) is 4.25. The maximum absolute atomic E-state index is 5.29. The Labute approximate surface area is 152 Å². The normalized spacial score (nSPS) is 11.1. The molecule has 0 amide bonds. The summed E-state index contributed by atoms with van der Waals surface area (Å²) in [5.41, 5.74) is 0. The van der Waals surface area contributed by atoms with Crippen LogP contribution in [0.4, 0.5) is 0 Å². The number of thiazole rings is 1. The molecule has 0 aromatic carbocycles. The van der Waals surface area contributed by atoms with Gasteiger partial charge in [-0.3, -0.25) is 4.99 Å². The fourth-order valence-corrected chi connectivity index (χ4v) is 2.76. The van der Waals surface area contributed by atoms with E-state index in [1.54, 1.807) is 24.6 Å². The maximum Gasteiger partial charge on any atom is 0.191 e. The van der Waals surface area contributed by atoms with Crippen LogP contribution in [0.1, 0.15) is 22.6 Å². The van der Waals surface area contributed by atoms with Gasteiger partial charge >= 0.3 is 0 Å². The minimum atomic E-state index is 0. The summed E-state index contributed by atoms with van der Waals surface area (Å²) in [6.07, 6.45) is 6.49. The molecule has 0 bridgehead atoms. The summed E-state index contributed by atoms with van der Waals surface area (Å²) in [4.78, 5) is 9.96. The van der Waals surface area contributed by atoms with Crippen LogP contribution in [-0.4, -0.2) is 31.1 Å². The predicted octanol–water partition coefficient (Wildman–Crippen LogP) is 2.87. The number of nitrogens with one attached hydrogen (secondary N) is 2. The predicted molar refractivity (Wildman–Crippen MR) is 102 cm³/mol. The van der Waals surface area contributed by atoms with Gasteiger partial charge in [0.2, 0.25) is 0 Å². The van der Waals surface area contributed by atoms with Gasteiger partial charge < -0.3 is 15.1 Å². The minimum absolute atomic E-state index is 0. The molecule has 2 aromatic rings. The Hall–Kier alpha value is -1.09. The molecule has 5 nitrogen and oxygen atoms in total. The molecule has 0 aliphatic heterocycles. The highest BCUT2D eigenvalue weighted by Gasteiger charge is 2.02. The van der Waals surface area contributed by atoms with E-state index in [0.717, 1.165) is 44.1 Å². The van der Waals surface area contributed by atoms with Crippen LogP contribution in [-0.2, 0) is 19.3 Å². The van der Waals surface area contributed by atoms with Crippen molar-refractivity contribution in [2.45, 2.75) is 26.2 Å². The minimum Gasteiger partial charge on any atom is -0.469 e. The number of nitrogens with zero attached hydrogens (tertiary/aromatic N) is 2. The Balaban J connectivity index is 0.00000242. The number of aliphatic imine (C=N–C) groups is 1. The molecule has 0 spiro atoms. The van der Waals surface area contributed by atoms with Crippen molar-refractivity contribution in [1.29, 1.82) is 0 Å². The second-order valence-corrected chi connectivity index (χ2v) is 5.78. The zero-order valence-corrected chi connectivity index (χ0v) is 16.1. The molecule has 0 aliphatic carbocycles. The molecule has 122 valence electrons. The number of hydrogen-bond acceptors (Lipinski definition) is 4. The van der Waals surface area contributed by atoms with E-state index in [1.165, 1.54) is 9.88 Å². The average molecular weight is 434 g/mol. The van der Waals surface area contributed by atoms with Gasteiger partial charge in [0.05, 0.1) is 11.3 Å². The fraction of sp³-hybridized carbons (Fsp3) is 0.467. The van der Waals surface area contributed by atoms with Crippen molar-refractivity contribution in [2.75, 3.05) is 20.1 Å². The molecular weight excluding hydrogens is 411 g/mol. The van der Waals surface area contributed by atoms with Gasteiger partial charge in [-0.15, -0.1) is 35.3 Å². The monoisotopic (exact) mass is 434 g/mol. The number of furan rings is 1. The smallest absolute Gasteiger partial charge is 0.191 e. The van der Waals surface area contributed by atoms with Crippen molar-refractivity contribution in [1.82, 2.24) is 15.6 Å². The van der Waals surface area contributed by atoms with Crippen LogP contribution in [0, 0.1) is 0 Å². The second kappa shape index (κ2) is 10.6. The molecule has 0 fully saturated rings. The van der Waals surface area contributed by atoms with Gasteiger partial charge in [0.15, 0.2) is 5.96 Å². The number of aryl methyl sites for hydroxylation is 1. The third-order valence-electron chi connectivity index (χ3n) is 3.05. The number of rotatable bonds is 7. The molecule has 0 atom stereocenters. The van der Waals surface area contributed by atoms with E-state index >= 15 is 0 Å². The summed E-state index contributed by atoms with van der Waals surface area (Å²) in [6.45, 7) is 3.78. The summed E-state index contributed by atoms with van der Waals surface area (Å²) in [5, 5.41) is 7.74. The number of aromatic nitrogens is 1. The van der Waals surface area contributed by atoms with Crippen LogP contribution in [0.25, 0.3) is 0 Å². The Morgan fingerprint density at radius 1 is 1.32 bits per heavy atom. The van der Waals surface area contributed by atoms with Crippen molar-refractivity contribution in [3.63, 3.8) is 0 Å². The first-order chi connectivity index (χ1) is 10.3. The Morgan fingerprint density at radius 2 is 2.09 bits per heavy atom. The lowest BCUT2D eigenvalue weighted by Gasteiger charge is -2.10. The van der Waals surface area contributed by atoms with E-state index in [0.29, 0.717) is 0 Å². The van der Waals surface area contributed by atoms with Crippen LogP contribution in [0.15, 0.2) is 34.0 Å². The molecule has 2 heterocycles. The zero-order valence-electron chi connectivity index (χ0n) is 13.0. The van der Waals surface area contributed by atoms with E-state index in [1.807, 2.05) is 18.3 Å². The van der Waals surface area contributed by atoms with E-state index in [2.05, 4.69) is 27.5 Å². The third kappa shape index (κ3) is 6.35. The first-order valence-corrected chi connectivity index (χ1v) is 8.04. The van der Waals surface area contributed by atoms with E-state index in [9.17, 15) is 0 Å². The van der Waals surface area contributed by atoms with E-state index in [4.69, 9.17) is 4.42 Å². The van der Waals surface area contributed by atoms with Gasteiger partial charge in [0.1, 0.15) is 5.76 Å². The fourth-order valence-electron chi connectivity index (χ4n) is 1.89. The molecule has 0 saturated heterocycles. The van der Waals surface area contributed by atoms with Crippen molar-refractivity contribution in [3.8, 4) is 0 Å². The summed E-state index contributed by atoms with van der Waals surface area (Å²) in [5.74, 6) is 1.79. The Kier molecular flexibility index (Phi) is 9.14. The standard InChI is InChI=1S/C15H22N4OS.HI/c1-3-13-11-19-14(21-13)7-9-18-15(16-2)17-8-6-12-5-4-10-20-12;/h4-5,10-11H,3,6-9H2,1-2H3,(H2,16,17,18);1H. The van der Waals surface area contributed by atoms with Gasteiger partial charge in [0, 0.05) is 44.1 Å². The van der Waals surface area contributed by atoms with Gasteiger partial charge in [-0.05, 0) is 18.6 Å². The van der Waals surface area contributed by atoms with Gasteiger partial charge in [-0.2, -0.15) is 0 Å². The summed E-state index contributed by atoms with van der Waals surface area (Å²) < 4.78 is 5.29. The largest absolute Gasteiger partial charge is 0.469 e. The highest BCUT2D eigenvalue weighted by molar-refractivity contribution is 14.0. The summed E-state index contributed by atoms with van der Waals surface area (Å²) in [7, 11) is 1.78. The number of hydrogen-bond donors (Lipinski definition) is 2. The summed E-state index contributed by atoms with van der Waals surface area (Å²) in [6, 6.07) is 3.88. The van der Waals surface area contributed by atoms with E-state index in [-0.39, 0.29) is 24.0 Å². The molecule has 2 N–H and O–H groups in total. The zero-order chi connectivity index (χ0) is 14.9. The van der Waals surface area contributed by atoms with Gasteiger partial charge in [0.25, 0.3) is 0 Å². The van der Waals surface area contributed by atoms with Crippen molar-refractivity contribution in [3.05, 3.63) is 40.2 Å². The van der Waals surface area contributed by atoms with Crippen LogP contribution in [0.2, 0.25) is 0 Å². The molecule has 2 aromatic heterocycles. The summed E-state index contributed by atoms with van der Waals surface area (Å²) >= 11 is 1.78. The lowest BCUT2D eigenvalue weighted by molar-refractivity contribution is 0.507. The molecule has 0 radical (unpaired) electrons. The van der Waals surface area contributed by atoms with Crippen LogP contribution in [0.5, 0.6) is 0 Å². The number of halogens is 1. The Morgan fingerprint density at radius 3 is 2.68 bits per heavy atom. The highest BCUT2D eigenvalue weighted by Crippen LogP contribution is 2.13. The van der Waals surface area contributed by atoms with Crippen LogP contribution in [0.3, 0.4) is 0 Å². The molecule has 22 heavy (non-hydrogen) atoms. The van der Waals surface area contributed by atoms with Gasteiger partial charge in [-0.1, -0.05) is 6.92 Å². The second-order valence-electron chi connectivity index (χ2n) is 4.58. The topological polar surface area (TPSA) is 62.5 Å². The SMILES string of the molecule is CCc1cnc(CCNC(=NC)NCCc2ccco2)s1.I. The van der Waals surface area contributed by atoms with Crippen molar-refractivity contribution >= 4 is 41.3 Å². The molecule has 0 unspecified atom stereocenters. The lowest BCUT2D eigenvalue weighted by atomic mass is 10.3. The molecule has 2 rings (SSSR count).